The van der Waals surface area contributed by atoms with Crippen molar-refractivity contribution in [2.75, 3.05) is 0 Å². The SMILES string of the molecule is O=C(Cc1ccc2ccccc2c1)N[C@@H](Cc1cccc(Br)c1)C(=O)O. The van der Waals surface area contributed by atoms with Crippen LogP contribution >= 0.6 is 15.9 Å². The normalized spacial score (nSPS) is 11.9. The number of carboxylic acid groups (broad SMARTS) is 1. The van der Waals surface area contributed by atoms with Gasteiger partial charge < -0.3 is 10.4 Å². The van der Waals surface area contributed by atoms with Gasteiger partial charge in [0.25, 0.3) is 0 Å². The number of carbonyl (C=O) groups is 2. The number of halogens is 1. The number of amides is 1. The monoisotopic (exact) mass is 411 g/mol. The Hall–Kier alpha value is -2.66. The zero-order valence-corrected chi connectivity index (χ0v) is 15.6. The summed E-state index contributed by atoms with van der Waals surface area (Å²) in [4.78, 5) is 23.9. The van der Waals surface area contributed by atoms with E-state index in [0.29, 0.717) is 0 Å². The van der Waals surface area contributed by atoms with Gasteiger partial charge in [0.05, 0.1) is 6.42 Å². The maximum absolute atomic E-state index is 12.3. The van der Waals surface area contributed by atoms with Gasteiger partial charge in [0.1, 0.15) is 6.04 Å². The average Bonchev–Trinajstić information content (AvgIpc) is 2.61. The maximum Gasteiger partial charge on any atom is 0.326 e. The molecule has 0 saturated heterocycles. The lowest BCUT2D eigenvalue weighted by molar-refractivity contribution is -0.141. The largest absolute Gasteiger partial charge is 0.480 e. The molecule has 3 aromatic carbocycles. The second-order valence-electron chi connectivity index (χ2n) is 6.15. The molecule has 0 aliphatic heterocycles. The summed E-state index contributed by atoms with van der Waals surface area (Å²) in [6.45, 7) is 0. The third-order valence-electron chi connectivity index (χ3n) is 4.14. The lowest BCUT2D eigenvalue weighted by Crippen LogP contribution is -2.43. The second-order valence-corrected chi connectivity index (χ2v) is 7.07. The zero-order chi connectivity index (χ0) is 18.5. The van der Waals surface area contributed by atoms with Crippen LogP contribution in [0.15, 0.2) is 71.2 Å². The fourth-order valence-corrected chi connectivity index (χ4v) is 3.33. The van der Waals surface area contributed by atoms with Crippen molar-refractivity contribution in [1.82, 2.24) is 5.32 Å². The molecule has 2 N–H and O–H groups in total. The first-order chi connectivity index (χ1) is 12.5. The highest BCUT2D eigenvalue weighted by Gasteiger charge is 2.20. The molecule has 0 unspecified atom stereocenters. The van der Waals surface area contributed by atoms with Gasteiger partial charge in [-0.25, -0.2) is 4.79 Å². The lowest BCUT2D eigenvalue weighted by Gasteiger charge is -2.15. The number of fused-ring (bicyclic) bond motifs is 1. The molecule has 0 bridgehead atoms. The number of benzene rings is 3. The Balaban J connectivity index is 1.68. The fourth-order valence-electron chi connectivity index (χ4n) is 2.88. The van der Waals surface area contributed by atoms with Crippen molar-refractivity contribution in [3.63, 3.8) is 0 Å². The topological polar surface area (TPSA) is 66.4 Å². The minimum Gasteiger partial charge on any atom is -0.480 e. The molecule has 26 heavy (non-hydrogen) atoms. The molecule has 0 radical (unpaired) electrons. The van der Waals surface area contributed by atoms with Crippen molar-refractivity contribution in [1.29, 1.82) is 0 Å². The summed E-state index contributed by atoms with van der Waals surface area (Å²) in [5.74, 6) is -1.35. The summed E-state index contributed by atoms with van der Waals surface area (Å²) in [7, 11) is 0. The molecule has 1 amide bonds. The van der Waals surface area contributed by atoms with Crippen LogP contribution in [0.2, 0.25) is 0 Å². The van der Waals surface area contributed by atoms with Crippen LogP contribution in [0.25, 0.3) is 10.8 Å². The molecule has 0 aliphatic carbocycles. The quantitative estimate of drug-likeness (QED) is 0.644. The minimum absolute atomic E-state index is 0.146. The molecule has 0 aromatic heterocycles. The molecule has 132 valence electrons. The van der Waals surface area contributed by atoms with Gasteiger partial charge in [-0.1, -0.05) is 70.5 Å². The van der Waals surface area contributed by atoms with Crippen molar-refractivity contribution in [2.45, 2.75) is 18.9 Å². The Morgan fingerprint density at radius 1 is 0.923 bits per heavy atom. The number of carboxylic acids is 1. The van der Waals surface area contributed by atoms with Gasteiger partial charge in [-0.15, -0.1) is 0 Å². The van der Waals surface area contributed by atoms with E-state index in [2.05, 4.69) is 21.2 Å². The molecule has 0 aliphatic rings. The molecule has 0 spiro atoms. The fraction of sp³-hybridized carbons (Fsp3) is 0.143. The Morgan fingerprint density at radius 2 is 1.69 bits per heavy atom. The van der Waals surface area contributed by atoms with Gasteiger partial charge in [0, 0.05) is 10.9 Å². The van der Waals surface area contributed by atoms with E-state index in [1.807, 2.05) is 66.7 Å². The standard InChI is InChI=1S/C21H18BrNO3/c22-18-7-3-4-14(11-18)12-19(21(25)26)23-20(24)13-15-8-9-16-5-1-2-6-17(16)10-15/h1-11,19H,12-13H2,(H,23,24)(H,25,26)/t19-/m0/s1. The van der Waals surface area contributed by atoms with Gasteiger partial charge in [-0.2, -0.15) is 0 Å². The summed E-state index contributed by atoms with van der Waals surface area (Å²) in [6, 6.07) is 20.2. The van der Waals surface area contributed by atoms with Gasteiger partial charge in [0.15, 0.2) is 0 Å². The smallest absolute Gasteiger partial charge is 0.326 e. The number of hydrogen-bond acceptors (Lipinski definition) is 2. The van der Waals surface area contributed by atoms with Gasteiger partial charge in [-0.3, -0.25) is 4.79 Å². The third-order valence-corrected chi connectivity index (χ3v) is 4.63. The van der Waals surface area contributed by atoms with Crippen LogP contribution in [0.1, 0.15) is 11.1 Å². The third kappa shape index (κ3) is 4.70. The molecule has 5 heteroatoms. The van der Waals surface area contributed by atoms with Crippen LogP contribution in [0.4, 0.5) is 0 Å². The predicted octanol–water partition coefficient (Wildman–Crippen LogP) is 3.96. The van der Waals surface area contributed by atoms with Gasteiger partial charge in [0.2, 0.25) is 5.91 Å². The predicted molar refractivity (Wildman–Crippen MR) is 105 cm³/mol. The van der Waals surface area contributed by atoms with E-state index < -0.39 is 12.0 Å². The molecule has 3 rings (SSSR count). The van der Waals surface area contributed by atoms with E-state index >= 15 is 0 Å². The lowest BCUT2D eigenvalue weighted by atomic mass is 10.0. The van der Waals surface area contributed by atoms with E-state index in [9.17, 15) is 14.7 Å². The maximum atomic E-state index is 12.3. The Morgan fingerprint density at radius 3 is 2.42 bits per heavy atom. The number of nitrogens with one attached hydrogen (secondary N) is 1. The highest BCUT2D eigenvalue weighted by atomic mass is 79.9. The molecule has 0 heterocycles. The van der Waals surface area contributed by atoms with Crippen molar-refractivity contribution in [3.05, 3.63) is 82.3 Å². The first kappa shape index (κ1) is 18.1. The number of hydrogen-bond donors (Lipinski definition) is 2. The summed E-state index contributed by atoms with van der Waals surface area (Å²) in [6.07, 6.45) is 0.380. The van der Waals surface area contributed by atoms with E-state index in [4.69, 9.17) is 0 Å². The Bertz CT molecular complexity index is 955. The molecule has 0 saturated carbocycles. The first-order valence-electron chi connectivity index (χ1n) is 8.25. The Labute approximate surface area is 160 Å². The molecule has 1 atom stereocenters. The van der Waals surface area contributed by atoms with Crippen molar-refractivity contribution >= 4 is 38.6 Å². The second kappa shape index (κ2) is 8.15. The van der Waals surface area contributed by atoms with Crippen molar-refractivity contribution in [2.24, 2.45) is 0 Å². The Kier molecular flexibility index (Phi) is 5.68. The van der Waals surface area contributed by atoms with E-state index in [-0.39, 0.29) is 18.7 Å². The summed E-state index contributed by atoms with van der Waals surface area (Å²) < 4.78 is 0.877. The summed E-state index contributed by atoms with van der Waals surface area (Å²) in [5.41, 5.74) is 1.70. The van der Waals surface area contributed by atoms with Crippen molar-refractivity contribution in [3.8, 4) is 0 Å². The highest BCUT2D eigenvalue weighted by molar-refractivity contribution is 9.10. The van der Waals surface area contributed by atoms with Crippen LogP contribution in [-0.4, -0.2) is 23.0 Å². The van der Waals surface area contributed by atoms with Gasteiger partial charge >= 0.3 is 5.97 Å². The molecule has 4 nitrogen and oxygen atoms in total. The van der Waals surface area contributed by atoms with E-state index in [1.54, 1.807) is 0 Å². The first-order valence-corrected chi connectivity index (χ1v) is 9.05. The molecule has 0 fully saturated rings. The van der Waals surface area contributed by atoms with Gasteiger partial charge in [-0.05, 0) is 34.0 Å². The van der Waals surface area contributed by atoms with Crippen LogP contribution < -0.4 is 5.32 Å². The zero-order valence-electron chi connectivity index (χ0n) is 14.0. The number of aliphatic carboxylic acids is 1. The van der Waals surface area contributed by atoms with Crippen LogP contribution in [-0.2, 0) is 22.4 Å². The average molecular weight is 412 g/mol. The van der Waals surface area contributed by atoms with E-state index in [1.165, 1.54) is 0 Å². The summed E-state index contributed by atoms with van der Waals surface area (Å²) >= 11 is 3.37. The van der Waals surface area contributed by atoms with E-state index in [0.717, 1.165) is 26.4 Å². The molecule has 3 aromatic rings. The number of carbonyl (C=O) groups excluding carboxylic acids is 1. The highest BCUT2D eigenvalue weighted by Crippen LogP contribution is 2.16. The van der Waals surface area contributed by atoms with Crippen molar-refractivity contribution < 1.29 is 14.7 Å². The molecular weight excluding hydrogens is 394 g/mol. The van der Waals surface area contributed by atoms with Crippen LogP contribution in [0, 0.1) is 0 Å². The van der Waals surface area contributed by atoms with Crippen LogP contribution in [0.5, 0.6) is 0 Å². The summed E-state index contributed by atoms with van der Waals surface area (Å²) in [5, 5.41) is 14.2. The molecular formula is C21H18BrNO3. The van der Waals surface area contributed by atoms with Crippen LogP contribution in [0.3, 0.4) is 0 Å². The minimum atomic E-state index is -1.04. The number of rotatable bonds is 6.